The van der Waals surface area contributed by atoms with Gasteiger partial charge in [-0.3, -0.25) is 0 Å². The molecule has 8 heteroatoms. The Bertz CT molecular complexity index is 822. The molecule has 1 aromatic heterocycles. The van der Waals surface area contributed by atoms with E-state index in [0.29, 0.717) is 5.69 Å². The number of aliphatic imine (C=N–C) groups is 1. The van der Waals surface area contributed by atoms with Crippen molar-refractivity contribution < 1.29 is 13.9 Å². The van der Waals surface area contributed by atoms with Crippen molar-refractivity contribution in [1.82, 2.24) is 4.98 Å². The molecule has 1 N–H and O–H groups in total. The Balaban J connectivity index is 2.18. The lowest BCUT2D eigenvalue weighted by atomic mass is 10.1. The van der Waals surface area contributed by atoms with E-state index < -0.39 is 23.7 Å². The van der Waals surface area contributed by atoms with Gasteiger partial charge in [-0.05, 0) is 26.8 Å². The lowest BCUT2D eigenvalue weighted by Gasteiger charge is -2.14. The van der Waals surface area contributed by atoms with E-state index in [1.165, 1.54) is 17.4 Å². The van der Waals surface area contributed by atoms with Crippen LogP contribution in [-0.4, -0.2) is 22.5 Å². The molecule has 0 aliphatic rings. The van der Waals surface area contributed by atoms with Crippen LogP contribution in [0.3, 0.4) is 0 Å². The Morgan fingerprint density at radius 2 is 2.12 bits per heavy atom. The quantitative estimate of drug-likeness (QED) is 0.594. The molecule has 0 aliphatic carbocycles. The third-order valence-corrected chi connectivity index (χ3v) is 4.92. The van der Waals surface area contributed by atoms with Crippen molar-refractivity contribution in [2.75, 3.05) is 0 Å². The zero-order valence-electron chi connectivity index (χ0n) is 14.1. The lowest BCUT2D eigenvalue weighted by molar-refractivity contribution is 0.115. The van der Waals surface area contributed by atoms with Crippen LogP contribution in [0.2, 0.25) is 0 Å². The van der Waals surface area contributed by atoms with Crippen molar-refractivity contribution >= 4 is 38.1 Å². The van der Waals surface area contributed by atoms with Crippen LogP contribution >= 0.6 is 20.6 Å². The van der Waals surface area contributed by atoms with Gasteiger partial charge in [-0.1, -0.05) is 18.2 Å². The van der Waals surface area contributed by atoms with Crippen molar-refractivity contribution in [3.05, 3.63) is 51.7 Å². The van der Waals surface area contributed by atoms with Crippen LogP contribution in [0.4, 0.5) is 9.18 Å². The maximum Gasteiger partial charge on any atom is 0.434 e. The summed E-state index contributed by atoms with van der Waals surface area (Å²) in [5.74, 6) is -0.447. The van der Waals surface area contributed by atoms with Crippen LogP contribution in [0.25, 0.3) is 0 Å². The van der Waals surface area contributed by atoms with Gasteiger partial charge in [0.25, 0.3) is 0 Å². The Morgan fingerprint density at radius 3 is 2.68 bits per heavy atom. The number of carbonyl (C=O) groups excluding carboxylic acids is 1. The van der Waals surface area contributed by atoms with Crippen LogP contribution in [0.1, 0.15) is 41.9 Å². The van der Waals surface area contributed by atoms with Gasteiger partial charge in [0.05, 0.1) is 27.8 Å². The summed E-state index contributed by atoms with van der Waals surface area (Å²) in [6.45, 7) is 5.00. The first-order chi connectivity index (χ1) is 11.8. The summed E-state index contributed by atoms with van der Waals surface area (Å²) in [4.78, 5) is 20.4. The topological polar surface area (TPSA) is 75.4 Å². The summed E-state index contributed by atoms with van der Waals surface area (Å²) >= 11 is 1.48. The normalized spacial score (nSPS) is 14.0. The third-order valence-electron chi connectivity index (χ3n) is 3.47. The molecule has 0 fully saturated rings. The lowest BCUT2D eigenvalue weighted by Crippen LogP contribution is -2.19. The zero-order chi connectivity index (χ0) is 18.6. The second kappa shape index (κ2) is 8.41. The van der Waals surface area contributed by atoms with Crippen molar-refractivity contribution in [2.45, 2.75) is 32.5 Å². The van der Waals surface area contributed by atoms with Crippen molar-refractivity contribution in [2.24, 2.45) is 4.99 Å². The number of aryl methyl sites for hydroxylation is 1. The first-order valence-electron chi connectivity index (χ1n) is 7.56. The van der Waals surface area contributed by atoms with Gasteiger partial charge in [0.15, 0.2) is 0 Å². The van der Waals surface area contributed by atoms with Gasteiger partial charge in [0.2, 0.25) is 0 Å². The predicted octanol–water partition coefficient (Wildman–Crippen LogP) is 4.89. The van der Waals surface area contributed by atoms with Crippen molar-refractivity contribution in [3.63, 3.8) is 0 Å². The second-order valence-corrected chi connectivity index (χ2v) is 7.17. The summed E-state index contributed by atoms with van der Waals surface area (Å²) in [5, 5.41) is 10.6. The minimum Gasteiger partial charge on any atom is -0.440 e. The summed E-state index contributed by atoms with van der Waals surface area (Å²) in [6, 6.07) is 6.09. The average molecular weight is 379 g/mol. The Kier molecular flexibility index (Phi) is 6.51. The standard InChI is InChI=1S/C17H19FN3O2PS/c1-9(19)15(16(24)14-8-25-11(3)20-14)21-17(22)23-10(2)12-6-4-5-7-13(12)18/h4-8,10,16,19H,24H2,1-3H3. The molecule has 1 aromatic carbocycles. The molecule has 25 heavy (non-hydrogen) atoms. The van der Waals surface area contributed by atoms with Crippen molar-refractivity contribution in [3.8, 4) is 0 Å². The number of aromatic nitrogens is 1. The fourth-order valence-corrected chi connectivity index (χ4v) is 3.48. The summed E-state index contributed by atoms with van der Waals surface area (Å²) in [7, 11) is 2.54. The second-order valence-electron chi connectivity index (χ2n) is 5.44. The smallest absolute Gasteiger partial charge is 0.434 e. The number of benzene rings is 1. The van der Waals surface area contributed by atoms with Crippen LogP contribution in [0.5, 0.6) is 0 Å². The highest BCUT2D eigenvalue weighted by Gasteiger charge is 2.21. The van der Waals surface area contributed by atoms with Crippen LogP contribution < -0.4 is 0 Å². The van der Waals surface area contributed by atoms with E-state index in [2.05, 4.69) is 19.2 Å². The first-order valence-corrected chi connectivity index (χ1v) is 9.11. The minimum atomic E-state index is -0.864. The first kappa shape index (κ1) is 19.3. The fraction of sp³-hybridized carbons (Fsp3) is 0.294. The van der Waals surface area contributed by atoms with E-state index in [4.69, 9.17) is 10.1 Å². The highest BCUT2D eigenvalue weighted by atomic mass is 32.1. The third kappa shape index (κ3) is 5.00. The molecular weight excluding hydrogens is 360 g/mol. The van der Waals surface area contributed by atoms with Crippen LogP contribution in [0, 0.1) is 18.2 Å². The Hall–Kier alpha value is -1.98. The summed E-state index contributed by atoms with van der Waals surface area (Å²) in [5.41, 5.74) is 0.991. The number of nitrogens with one attached hydrogen (secondary N) is 1. The Morgan fingerprint density at radius 1 is 1.44 bits per heavy atom. The highest BCUT2D eigenvalue weighted by Crippen LogP contribution is 2.27. The number of nitrogens with zero attached hydrogens (tertiary/aromatic N) is 2. The van der Waals surface area contributed by atoms with Gasteiger partial charge < -0.3 is 10.1 Å². The predicted molar refractivity (Wildman–Crippen MR) is 101 cm³/mol. The number of carbonyl (C=O) groups is 1. The highest BCUT2D eigenvalue weighted by molar-refractivity contribution is 7.20. The average Bonchev–Trinajstić information content (AvgIpc) is 2.98. The maximum absolute atomic E-state index is 13.8. The van der Waals surface area contributed by atoms with E-state index in [1.54, 1.807) is 32.0 Å². The van der Waals surface area contributed by atoms with Gasteiger partial charge in [-0.15, -0.1) is 20.6 Å². The SMILES string of the molecule is CC(=N)C(=NC(=O)OC(C)c1ccccc1F)C(P)c1csc(C)n1. The molecule has 2 aromatic rings. The Labute approximate surface area is 152 Å². The largest absolute Gasteiger partial charge is 0.440 e. The van der Waals surface area contributed by atoms with Gasteiger partial charge >= 0.3 is 6.09 Å². The van der Waals surface area contributed by atoms with Gasteiger partial charge in [-0.25, -0.2) is 14.2 Å². The molecule has 0 bridgehead atoms. The zero-order valence-corrected chi connectivity index (χ0v) is 16.1. The number of rotatable bonds is 5. The van der Waals surface area contributed by atoms with E-state index in [0.717, 1.165) is 5.01 Å². The molecule has 132 valence electrons. The molecule has 0 saturated heterocycles. The van der Waals surface area contributed by atoms with E-state index in [1.807, 2.05) is 12.3 Å². The van der Waals surface area contributed by atoms with Crippen LogP contribution in [0.15, 0.2) is 34.6 Å². The van der Waals surface area contributed by atoms with E-state index >= 15 is 0 Å². The molecule has 0 spiro atoms. The monoisotopic (exact) mass is 379 g/mol. The number of halogens is 1. The van der Waals surface area contributed by atoms with E-state index in [9.17, 15) is 9.18 Å². The summed E-state index contributed by atoms with van der Waals surface area (Å²) in [6.07, 6.45) is -1.65. The molecule has 1 heterocycles. The van der Waals surface area contributed by atoms with E-state index in [-0.39, 0.29) is 17.0 Å². The number of thiazole rings is 1. The van der Waals surface area contributed by atoms with Crippen LogP contribution in [-0.2, 0) is 4.74 Å². The molecular formula is C17H19FN3O2PS. The minimum absolute atomic E-state index is 0.140. The van der Waals surface area contributed by atoms with Crippen molar-refractivity contribution in [1.29, 1.82) is 5.41 Å². The molecule has 3 atom stereocenters. The number of hydrogen-bond donors (Lipinski definition) is 1. The molecule has 0 aliphatic heterocycles. The van der Waals surface area contributed by atoms with Gasteiger partial charge in [0, 0.05) is 10.9 Å². The molecule has 0 saturated carbocycles. The number of hydrogen-bond acceptors (Lipinski definition) is 5. The molecule has 0 radical (unpaired) electrons. The number of amides is 1. The molecule has 5 nitrogen and oxygen atoms in total. The fourth-order valence-electron chi connectivity index (χ4n) is 2.19. The summed E-state index contributed by atoms with van der Waals surface area (Å²) < 4.78 is 19.0. The number of ether oxygens (including phenoxy) is 1. The maximum atomic E-state index is 13.8. The molecule has 3 unspecified atom stereocenters. The van der Waals surface area contributed by atoms with Gasteiger partial charge in [0.1, 0.15) is 11.9 Å². The molecule has 2 rings (SSSR count). The molecule has 1 amide bonds. The van der Waals surface area contributed by atoms with Gasteiger partial charge in [-0.2, -0.15) is 4.99 Å².